The van der Waals surface area contributed by atoms with Gasteiger partial charge < -0.3 is 10.2 Å². The molecule has 0 radical (unpaired) electrons. The van der Waals surface area contributed by atoms with Crippen LogP contribution in [-0.4, -0.2) is 37.9 Å². The molecule has 0 bridgehead atoms. The van der Waals surface area contributed by atoms with Gasteiger partial charge in [-0.1, -0.05) is 50.8 Å². The van der Waals surface area contributed by atoms with Crippen LogP contribution < -0.4 is 0 Å². The lowest BCUT2D eigenvalue weighted by atomic mass is 9.86. The molecule has 1 amide bonds. The van der Waals surface area contributed by atoms with E-state index >= 15 is 0 Å². The molecule has 1 heterocycles. The third kappa shape index (κ3) is 4.83. The van der Waals surface area contributed by atoms with Gasteiger partial charge in [0.05, 0.1) is 4.91 Å². The van der Waals surface area contributed by atoms with Crippen LogP contribution in [0, 0.1) is 0 Å². The number of benzene rings is 1. The Kier molecular flexibility index (Phi) is 5.90. The number of hydrogen-bond acceptors (Lipinski definition) is 5. The molecule has 1 aliphatic rings. The van der Waals surface area contributed by atoms with Gasteiger partial charge in [-0.2, -0.15) is 0 Å². The molecule has 1 aromatic carbocycles. The Balaban J connectivity index is 2.23. The van der Waals surface area contributed by atoms with Gasteiger partial charge in [0.25, 0.3) is 5.91 Å². The maximum atomic E-state index is 12.5. The van der Waals surface area contributed by atoms with Crippen molar-refractivity contribution in [3.05, 3.63) is 34.2 Å². The van der Waals surface area contributed by atoms with Crippen molar-refractivity contribution in [3.8, 4) is 5.75 Å². The lowest BCUT2D eigenvalue weighted by Gasteiger charge is -2.19. The van der Waals surface area contributed by atoms with Crippen LogP contribution in [0.3, 0.4) is 0 Å². The van der Waals surface area contributed by atoms with Gasteiger partial charge in [0.15, 0.2) is 0 Å². The molecule has 0 unspecified atom stereocenters. The van der Waals surface area contributed by atoms with Crippen LogP contribution in [-0.2, 0) is 15.0 Å². The molecule has 2 rings (SSSR count). The van der Waals surface area contributed by atoms with E-state index in [1.807, 2.05) is 12.1 Å². The van der Waals surface area contributed by atoms with Crippen molar-refractivity contribution in [2.24, 2.45) is 0 Å². The lowest BCUT2D eigenvalue weighted by Crippen LogP contribution is -2.29. The third-order valence-corrected chi connectivity index (χ3v) is 5.20. The van der Waals surface area contributed by atoms with Gasteiger partial charge >= 0.3 is 5.97 Å². The summed E-state index contributed by atoms with van der Waals surface area (Å²) < 4.78 is 0.410. The molecule has 1 aromatic rings. The Labute approximate surface area is 156 Å². The summed E-state index contributed by atoms with van der Waals surface area (Å²) in [5.74, 6) is -1.05. The molecule has 0 saturated carbocycles. The minimum atomic E-state index is -0.898. The highest BCUT2D eigenvalue weighted by molar-refractivity contribution is 8.26. The number of amides is 1. The van der Waals surface area contributed by atoms with E-state index in [1.54, 1.807) is 12.1 Å². The molecule has 0 atom stereocenters. The summed E-state index contributed by atoms with van der Waals surface area (Å²) in [7, 11) is 0. The smallest absolute Gasteiger partial charge is 0.303 e. The summed E-state index contributed by atoms with van der Waals surface area (Å²) >= 11 is 6.39. The van der Waals surface area contributed by atoms with Crippen LogP contribution in [0.25, 0.3) is 6.08 Å². The van der Waals surface area contributed by atoms with Crippen molar-refractivity contribution in [2.75, 3.05) is 6.54 Å². The SMILES string of the molecule is CC(C)(C)c1ccc(O)c(/C=C2\SC(=S)N(CCCC(=O)O)C2=O)c1. The fourth-order valence-electron chi connectivity index (χ4n) is 2.36. The zero-order chi connectivity index (χ0) is 18.8. The van der Waals surface area contributed by atoms with Crippen LogP contribution in [0.1, 0.15) is 44.7 Å². The highest BCUT2D eigenvalue weighted by Crippen LogP contribution is 2.35. The number of phenolic OH excluding ortho intramolecular Hbond substituents is 1. The number of thioether (sulfide) groups is 1. The van der Waals surface area contributed by atoms with Crippen LogP contribution in [0.15, 0.2) is 23.1 Å². The van der Waals surface area contributed by atoms with E-state index in [0.29, 0.717) is 21.2 Å². The molecule has 1 saturated heterocycles. The Hall–Kier alpha value is -1.86. The number of carboxylic acid groups (broad SMARTS) is 1. The first-order valence-corrected chi connectivity index (χ1v) is 9.12. The van der Waals surface area contributed by atoms with Crippen molar-refractivity contribution in [2.45, 2.75) is 39.0 Å². The summed E-state index contributed by atoms with van der Waals surface area (Å²) in [4.78, 5) is 25.0. The molecular weight excluding hydrogens is 358 g/mol. The first-order valence-electron chi connectivity index (χ1n) is 7.90. The molecule has 5 nitrogen and oxygen atoms in total. The van der Waals surface area contributed by atoms with Gasteiger partial charge in [-0.05, 0) is 35.6 Å². The quantitative estimate of drug-likeness (QED) is 0.599. The second-order valence-electron chi connectivity index (χ2n) is 6.85. The standard InChI is InChI=1S/C18H21NO4S2/c1-18(2,3)12-6-7-13(20)11(9-12)10-14-16(23)19(17(24)25-14)8-4-5-15(21)22/h6-7,9-10,20H,4-5,8H2,1-3H3,(H,21,22)/b14-10-. The zero-order valence-corrected chi connectivity index (χ0v) is 16.0. The molecule has 1 fully saturated rings. The number of aliphatic carboxylic acids is 1. The van der Waals surface area contributed by atoms with Gasteiger partial charge in [-0.3, -0.25) is 14.5 Å². The summed E-state index contributed by atoms with van der Waals surface area (Å²) in [6, 6.07) is 5.36. The molecule has 0 aromatic heterocycles. The molecule has 25 heavy (non-hydrogen) atoms. The van der Waals surface area contributed by atoms with Crippen molar-refractivity contribution in [1.29, 1.82) is 0 Å². The number of carboxylic acids is 1. The predicted molar refractivity (Wildman–Crippen MR) is 104 cm³/mol. The van der Waals surface area contributed by atoms with Crippen molar-refractivity contribution < 1.29 is 19.8 Å². The van der Waals surface area contributed by atoms with E-state index in [4.69, 9.17) is 17.3 Å². The number of phenols is 1. The average Bonchev–Trinajstić information content (AvgIpc) is 2.75. The number of rotatable bonds is 5. The third-order valence-electron chi connectivity index (χ3n) is 3.83. The second kappa shape index (κ2) is 7.58. The van der Waals surface area contributed by atoms with Crippen molar-refractivity contribution in [3.63, 3.8) is 0 Å². The van der Waals surface area contributed by atoms with Gasteiger partial charge in [-0.25, -0.2) is 0 Å². The van der Waals surface area contributed by atoms with Crippen LogP contribution in [0.2, 0.25) is 0 Å². The van der Waals surface area contributed by atoms with E-state index in [9.17, 15) is 14.7 Å². The summed E-state index contributed by atoms with van der Waals surface area (Å²) in [6.45, 7) is 6.50. The zero-order valence-electron chi connectivity index (χ0n) is 14.4. The maximum absolute atomic E-state index is 12.5. The number of carbonyl (C=O) groups is 2. The van der Waals surface area contributed by atoms with E-state index in [2.05, 4.69) is 20.8 Å². The van der Waals surface area contributed by atoms with Gasteiger partial charge in [0, 0.05) is 18.5 Å². The Morgan fingerprint density at radius 2 is 2.04 bits per heavy atom. The van der Waals surface area contributed by atoms with E-state index in [0.717, 1.165) is 5.56 Å². The highest BCUT2D eigenvalue weighted by atomic mass is 32.2. The molecule has 7 heteroatoms. The summed E-state index contributed by atoms with van der Waals surface area (Å²) in [5, 5.41) is 18.8. The van der Waals surface area contributed by atoms with Crippen LogP contribution >= 0.6 is 24.0 Å². The minimum Gasteiger partial charge on any atom is -0.507 e. The number of nitrogens with zero attached hydrogens (tertiary/aromatic N) is 1. The first kappa shape index (κ1) is 19.5. The second-order valence-corrected chi connectivity index (χ2v) is 8.53. The van der Waals surface area contributed by atoms with E-state index in [-0.39, 0.29) is 30.0 Å². The van der Waals surface area contributed by atoms with Crippen molar-refractivity contribution >= 4 is 46.3 Å². The molecule has 2 N–H and O–H groups in total. The maximum Gasteiger partial charge on any atom is 0.303 e. The van der Waals surface area contributed by atoms with Crippen LogP contribution in [0.5, 0.6) is 5.75 Å². The lowest BCUT2D eigenvalue weighted by molar-refractivity contribution is -0.137. The Bertz CT molecular complexity index is 750. The normalized spacial score (nSPS) is 16.8. The van der Waals surface area contributed by atoms with E-state index < -0.39 is 5.97 Å². The highest BCUT2D eigenvalue weighted by Gasteiger charge is 2.32. The van der Waals surface area contributed by atoms with Crippen molar-refractivity contribution in [1.82, 2.24) is 4.90 Å². The van der Waals surface area contributed by atoms with Gasteiger partial charge in [0.2, 0.25) is 0 Å². The fourth-order valence-corrected chi connectivity index (χ4v) is 3.66. The Morgan fingerprint density at radius 3 is 2.64 bits per heavy atom. The largest absolute Gasteiger partial charge is 0.507 e. The molecular formula is C18H21NO4S2. The van der Waals surface area contributed by atoms with Crippen LogP contribution in [0.4, 0.5) is 0 Å². The minimum absolute atomic E-state index is 0.00940. The monoisotopic (exact) mass is 379 g/mol. The first-order chi connectivity index (χ1) is 11.6. The Morgan fingerprint density at radius 1 is 1.36 bits per heavy atom. The topological polar surface area (TPSA) is 77.8 Å². The fraction of sp³-hybridized carbons (Fsp3) is 0.389. The summed E-state index contributed by atoms with van der Waals surface area (Å²) in [6.07, 6.45) is 1.98. The molecule has 134 valence electrons. The number of carbonyl (C=O) groups excluding carboxylic acids is 1. The molecule has 0 spiro atoms. The van der Waals surface area contributed by atoms with E-state index in [1.165, 1.54) is 16.7 Å². The predicted octanol–water partition coefficient (Wildman–Crippen LogP) is 3.76. The molecule has 0 aliphatic carbocycles. The number of hydrogen-bond donors (Lipinski definition) is 2. The summed E-state index contributed by atoms with van der Waals surface area (Å²) in [5.41, 5.74) is 1.54. The average molecular weight is 380 g/mol. The van der Waals surface area contributed by atoms with Gasteiger partial charge in [0.1, 0.15) is 10.1 Å². The number of thiocarbonyl (C=S) groups is 1. The molecule has 1 aliphatic heterocycles. The van der Waals surface area contributed by atoms with Gasteiger partial charge in [-0.15, -0.1) is 0 Å². The number of aromatic hydroxyl groups is 1.